The Morgan fingerprint density at radius 3 is 2.45 bits per heavy atom. The summed E-state index contributed by atoms with van der Waals surface area (Å²) in [7, 11) is 0. The van der Waals surface area contributed by atoms with E-state index in [1.165, 1.54) is 0 Å². The first-order chi connectivity index (χ1) is 5.33. The second-order valence-corrected chi connectivity index (χ2v) is 2.68. The van der Waals surface area contributed by atoms with E-state index in [-0.39, 0.29) is 0 Å². The highest BCUT2D eigenvalue weighted by Crippen LogP contribution is 2.10. The molecule has 0 amide bonds. The topological polar surface area (TPSA) is 0 Å². The van der Waals surface area contributed by atoms with Crippen LogP contribution in [0.5, 0.6) is 0 Å². The van der Waals surface area contributed by atoms with Crippen LogP contribution in [0.2, 0.25) is 5.02 Å². The maximum absolute atomic E-state index is 5.71. The second kappa shape index (κ2) is 4.20. The van der Waals surface area contributed by atoms with E-state index in [9.17, 15) is 0 Å². The largest absolute Gasteiger partial charge is 0.0843 e. The van der Waals surface area contributed by atoms with E-state index < -0.39 is 0 Å². The molecule has 0 heterocycles. The highest BCUT2D eigenvalue weighted by atomic mass is 35.5. The molecule has 0 unspecified atom stereocenters. The molecule has 0 saturated heterocycles. The molecule has 0 aromatic heterocycles. The molecule has 0 spiro atoms. The quantitative estimate of drug-likeness (QED) is 0.629. The van der Waals surface area contributed by atoms with Crippen molar-refractivity contribution in [3.05, 3.63) is 47.9 Å². The Bertz CT molecular complexity index is 234. The van der Waals surface area contributed by atoms with Gasteiger partial charge in [0.15, 0.2) is 0 Å². The van der Waals surface area contributed by atoms with Crippen LogP contribution in [-0.2, 0) is 0 Å². The maximum Gasteiger partial charge on any atom is 0.0406 e. The van der Waals surface area contributed by atoms with E-state index in [0.717, 1.165) is 17.0 Å². The standard InChI is InChI=1S/C10H10Cl/c1-2-3-4-9-5-7-10(11)8-6-9/h3-8H,1-2H2/b4-3+. The molecule has 0 aliphatic heterocycles. The first kappa shape index (κ1) is 8.35. The van der Waals surface area contributed by atoms with Gasteiger partial charge in [0.2, 0.25) is 0 Å². The molecule has 11 heavy (non-hydrogen) atoms. The van der Waals surface area contributed by atoms with Crippen molar-refractivity contribution < 1.29 is 0 Å². The van der Waals surface area contributed by atoms with Gasteiger partial charge in [-0.1, -0.05) is 35.9 Å². The monoisotopic (exact) mass is 165 g/mol. The number of benzene rings is 1. The minimum atomic E-state index is 0.775. The average Bonchev–Trinajstić information content (AvgIpc) is 2.04. The lowest BCUT2D eigenvalue weighted by Crippen LogP contribution is -1.69. The molecule has 1 aromatic carbocycles. The SMILES string of the molecule is [CH2]C/C=C/c1ccc(Cl)cc1. The lowest BCUT2D eigenvalue weighted by Gasteiger charge is -1.91. The molecule has 57 valence electrons. The van der Waals surface area contributed by atoms with Gasteiger partial charge in [-0.2, -0.15) is 0 Å². The third-order valence-electron chi connectivity index (χ3n) is 1.35. The van der Waals surface area contributed by atoms with Crippen LogP contribution >= 0.6 is 11.6 Å². The predicted octanol–water partition coefficient (Wildman–Crippen LogP) is 3.58. The zero-order valence-electron chi connectivity index (χ0n) is 6.26. The Kier molecular flexibility index (Phi) is 3.18. The van der Waals surface area contributed by atoms with E-state index in [4.69, 9.17) is 11.6 Å². The fourth-order valence-corrected chi connectivity index (χ4v) is 0.919. The van der Waals surface area contributed by atoms with Gasteiger partial charge >= 0.3 is 0 Å². The third-order valence-corrected chi connectivity index (χ3v) is 1.60. The van der Waals surface area contributed by atoms with Crippen molar-refractivity contribution in [2.24, 2.45) is 0 Å². The van der Waals surface area contributed by atoms with Gasteiger partial charge in [-0.25, -0.2) is 0 Å². The zero-order chi connectivity index (χ0) is 8.10. The van der Waals surface area contributed by atoms with E-state index in [1.54, 1.807) is 0 Å². The van der Waals surface area contributed by atoms with Gasteiger partial charge < -0.3 is 0 Å². The summed E-state index contributed by atoms with van der Waals surface area (Å²) in [4.78, 5) is 0. The number of allylic oxidation sites excluding steroid dienone is 1. The van der Waals surface area contributed by atoms with Crippen molar-refractivity contribution in [1.29, 1.82) is 0 Å². The lowest BCUT2D eigenvalue weighted by atomic mass is 10.2. The molecule has 0 atom stereocenters. The summed E-state index contributed by atoms with van der Waals surface area (Å²) in [5.41, 5.74) is 1.16. The molecular formula is C10H10Cl. The van der Waals surface area contributed by atoms with Crippen LogP contribution in [0.3, 0.4) is 0 Å². The van der Waals surface area contributed by atoms with E-state index in [1.807, 2.05) is 36.4 Å². The molecule has 1 aromatic rings. The van der Waals surface area contributed by atoms with Crippen molar-refractivity contribution in [2.45, 2.75) is 6.42 Å². The highest BCUT2D eigenvalue weighted by molar-refractivity contribution is 6.30. The van der Waals surface area contributed by atoms with Crippen molar-refractivity contribution in [3.63, 3.8) is 0 Å². The Balaban J connectivity index is 2.73. The molecule has 1 radical (unpaired) electrons. The first-order valence-electron chi connectivity index (χ1n) is 3.54. The van der Waals surface area contributed by atoms with Crippen LogP contribution < -0.4 is 0 Å². The Labute approximate surface area is 72.5 Å². The normalized spacial score (nSPS) is 10.7. The van der Waals surface area contributed by atoms with Crippen molar-refractivity contribution in [3.8, 4) is 0 Å². The molecular weight excluding hydrogens is 156 g/mol. The van der Waals surface area contributed by atoms with Crippen LogP contribution in [0.15, 0.2) is 30.3 Å². The predicted molar refractivity (Wildman–Crippen MR) is 50.5 cm³/mol. The summed E-state index contributed by atoms with van der Waals surface area (Å²) in [6.07, 6.45) is 4.87. The molecule has 0 bridgehead atoms. The molecule has 0 fully saturated rings. The van der Waals surface area contributed by atoms with Gasteiger partial charge in [0, 0.05) is 5.02 Å². The van der Waals surface area contributed by atoms with Gasteiger partial charge in [0.05, 0.1) is 0 Å². The molecule has 0 aliphatic rings. The third kappa shape index (κ3) is 2.77. The minimum Gasteiger partial charge on any atom is -0.0843 e. The van der Waals surface area contributed by atoms with Gasteiger partial charge in [0.25, 0.3) is 0 Å². The van der Waals surface area contributed by atoms with Crippen LogP contribution in [0.4, 0.5) is 0 Å². The maximum atomic E-state index is 5.71. The van der Waals surface area contributed by atoms with E-state index in [2.05, 4.69) is 6.92 Å². The van der Waals surface area contributed by atoms with Gasteiger partial charge in [-0.05, 0) is 31.0 Å². The molecule has 0 N–H and O–H groups in total. The second-order valence-electron chi connectivity index (χ2n) is 2.24. The van der Waals surface area contributed by atoms with Crippen molar-refractivity contribution in [1.82, 2.24) is 0 Å². The van der Waals surface area contributed by atoms with Gasteiger partial charge in [-0.3, -0.25) is 0 Å². The summed E-state index contributed by atoms with van der Waals surface area (Å²) in [6.45, 7) is 3.71. The smallest absolute Gasteiger partial charge is 0.0406 e. The van der Waals surface area contributed by atoms with Crippen molar-refractivity contribution in [2.75, 3.05) is 0 Å². The molecule has 0 saturated carbocycles. The summed E-state index contributed by atoms with van der Waals surface area (Å²) in [5, 5.41) is 0.775. The molecule has 1 heteroatoms. The number of hydrogen-bond acceptors (Lipinski definition) is 0. The fourth-order valence-electron chi connectivity index (χ4n) is 0.793. The fraction of sp³-hybridized carbons (Fsp3) is 0.100. The lowest BCUT2D eigenvalue weighted by molar-refractivity contribution is 1.42. The van der Waals surface area contributed by atoms with Gasteiger partial charge in [0.1, 0.15) is 0 Å². The van der Waals surface area contributed by atoms with Crippen LogP contribution in [0.25, 0.3) is 6.08 Å². The summed E-state index contributed by atoms with van der Waals surface area (Å²) in [5.74, 6) is 0. The summed E-state index contributed by atoms with van der Waals surface area (Å²) in [6, 6.07) is 7.72. The van der Waals surface area contributed by atoms with E-state index >= 15 is 0 Å². The van der Waals surface area contributed by atoms with Crippen LogP contribution in [0.1, 0.15) is 12.0 Å². The number of halogens is 1. The minimum absolute atomic E-state index is 0.775. The highest BCUT2D eigenvalue weighted by Gasteiger charge is 1.85. The summed E-state index contributed by atoms with van der Waals surface area (Å²) >= 11 is 5.71. The number of hydrogen-bond donors (Lipinski definition) is 0. The zero-order valence-corrected chi connectivity index (χ0v) is 7.01. The number of rotatable bonds is 2. The van der Waals surface area contributed by atoms with E-state index in [0.29, 0.717) is 0 Å². The molecule has 0 aliphatic carbocycles. The average molecular weight is 166 g/mol. The Morgan fingerprint density at radius 1 is 1.27 bits per heavy atom. The summed E-state index contributed by atoms with van der Waals surface area (Å²) < 4.78 is 0. The molecule has 0 nitrogen and oxygen atoms in total. The molecule has 1 rings (SSSR count). The van der Waals surface area contributed by atoms with Gasteiger partial charge in [-0.15, -0.1) is 0 Å². The van der Waals surface area contributed by atoms with Crippen LogP contribution in [-0.4, -0.2) is 0 Å². The first-order valence-corrected chi connectivity index (χ1v) is 3.92. The Hall–Kier alpha value is -0.750. The van der Waals surface area contributed by atoms with Crippen LogP contribution in [0, 0.1) is 6.92 Å². The van der Waals surface area contributed by atoms with Crippen molar-refractivity contribution >= 4 is 17.7 Å². The Morgan fingerprint density at radius 2 is 1.91 bits per heavy atom.